The standard InChI is InChI=1S/C21H19F3N2O3S/c1-2-3-8-26-17-5-4-16-18(29-15-10-13(12-25)9-14(22)11-15)6-7-19(20(16)17)30(27,28)21(23)24/h6-7,9-11,21H,2-5,8H2,1H3/b26-17+. The number of halogens is 3. The Kier molecular flexibility index (Phi) is 6.46. The second kappa shape index (κ2) is 8.88. The number of fused-ring (bicyclic) bond motifs is 1. The number of hydrogen-bond acceptors (Lipinski definition) is 5. The van der Waals surface area contributed by atoms with E-state index in [9.17, 15) is 21.6 Å². The molecule has 5 nitrogen and oxygen atoms in total. The molecule has 0 saturated carbocycles. The van der Waals surface area contributed by atoms with Crippen LogP contribution in [0.2, 0.25) is 0 Å². The van der Waals surface area contributed by atoms with Crippen molar-refractivity contribution >= 4 is 15.5 Å². The van der Waals surface area contributed by atoms with Crippen molar-refractivity contribution in [3.63, 3.8) is 0 Å². The maximum Gasteiger partial charge on any atom is 0.341 e. The maximum atomic E-state index is 13.7. The summed E-state index contributed by atoms with van der Waals surface area (Å²) in [5.74, 6) is -3.96. The van der Waals surface area contributed by atoms with Crippen LogP contribution < -0.4 is 4.74 Å². The number of benzene rings is 2. The van der Waals surface area contributed by atoms with E-state index in [0.717, 1.165) is 31.0 Å². The van der Waals surface area contributed by atoms with Crippen molar-refractivity contribution in [1.29, 1.82) is 5.26 Å². The first-order chi connectivity index (χ1) is 14.3. The van der Waals surface area contributed by atoms with E-state index in [1.165, 1.54) is 12.1 Å². The van der Waals surface area contributed by atoms with Crippen molar-refractivity contribution in [3.05, 3.63) is 52.8 Å². The van der Waals surface area contributed by atoms with Gasteiger partial charge in [-0.1, -0.05) is 13.3 Å². The minimum atomic E-state index is -4.85. The summed E-state index contributed by atoms with van der Waals surface area (Å²) in [5.41, 5.74) is 1.07. The second-order valence-electron chi connectivity index (χ2n) is 6.79. The zero-order valence-electron chi connectivity index (χ0n) is 16.2. The third-order valence-corrected chi connectivity index (χ3v) is 6.14. The molecule has 0 fully saturated rings. The quantitative estimate of drug-likeness (QED) is 0.571. The van der Waals surface area contributed by atoms with Crippen LogP contribution in [0.25, 0.3) is 0 Å². The molecule has 0 saturated heterocycles. The second-order valence-corrected chi connectivity index (χ2v) is 8.68. The van der Waals surface area contributed by atoms with Crippen LogP contribution in [-0.2, 0) is 16.3 Å². The van der Waals surface area contributed by atoms with E-state index in [0.29, 0.717) is 30.7 Å². The first-order valence-corrected chi connectivity index (χ1v) is 10.9. The van der Waals surface area contributed by atoms with Crippen molar-refractivity contribution in [2.24, 2.45) is 4.99 Å². The van der Waals surface area contributed by atoms with Crippen LogP contribution in [0.4, 0.5) is 13.2 Å². The number of alkyl halides is 2. The largest absolute Gasteiger partial charge is 0.457 e. The molecule has 2 aromatic rings. The molecule has 0 spiro atoms. The highest BCUT2D eigenvalue weighted by atomic mass is 32.2. The fraction of sp³-hybridized carbons (Fsp3) is 0.333. The topological polar surface area (TPSA) is 79.5 Å². The van der Waals surface area contributed by atoms with Crippen LogP contribution >= 0.6 is 0 Å². The first-order valence-electron chi connectivity index (χ1n) is 9.38. The number of nitrogens with zero attached hydrogens (tertiary/aromatic N) is 2. The van der Waals surface area contributed by atoms with Gasteiger partial charge in [-0.15, -0.1) is 0 Å². The molecule has 0 radical (unpaired) electrons. The van der Waals surface area contributed by atoms with Crippen LogP contribution in [0.3, 0.4) is 0 Å². The zero-order valence-corrected chi connectivity index (χ0v) is 17.0. The Labute approximate surface area is 172 Å². The van der Waals surface area contributed by atoms with E-state index < -0.39 is 26.3 Å². The van der Waals surface area contributed by atoms with Crippen LogP contribution in [0.1, 0.15) is 42.9 Å². The van der Waals surface area contributed by atoms with Crippen molar-refractivity contribution < 1.29 is 26.3 Å². The minimum absolute atomic E-state index is 0.0505. The molecule has 0 N–H and O–H groups in total. The lowest BCUT2D eigenvalue weighted by Gasteiger charge is -2.15. The van der Waals surface area contributed by atoms with Gasteiger partial charge < -0.3 is 4.74 Å². The number of hydrogen-bond donors (Lipinski definition) is 0. The summed E-state index contributed by atoms with van der Waals surface area (Å²) in [6, 6.07) is 7.64. The predicted octanol–water partition coefficient (Wildman–Crippen LogP) is 5.02. The monoisotopic (exact) mass is 436 g/mol. The number of aliphatic imine (C=N–C) groups is 1. The molecule has 2 aromatic carbocycles. The van der Waals surface area contributed by atoms with Gasteiger partial charge in [0.2, 0.25) is 9.84 Å². The third-order valence-electron chi connectivity index (χ3n) is 4.72. The summed E-state index contributed by atoms with van der Waals surface area (Å²) in [7, 11) is -4.85. The summed E-state index contributed by atoms with van der Waals surface area (Å²) in [4.78, 5) is 3.94. The Hall–Kier alpha value is -2.86. The van der Waals surface area contributed by atoms with E-state index in [-0.39, 0.29) is 22.6 Å². The van der Waals surface area contributed by atoms with Gasteiger partial charge >= 0.3 is 5.76 Å². The highest BCUT2D eigenvalue weighted by Gasteiger charge is 2.35. The van der Waals surface area contributed by atoms with E-state index in [4.69, 9.17) is 10.00 Å². The van der Waals surface area contributed by atoms with Gasteiger partial charge in [0.1, 0.15) is 17.3 Å². The Morgan fingerprint density at radius 3 is 2.67 bits per heavy atom. The SMILES string of the molecule is CCCC/N=C1\CCc2c(Oc3cc(F)cc(C#N)c3)ccc(S(=O)(=O)C(F)F)c21. The number of nitriles is 1. The molecule has 158 valence electrons. The Balaban J connectivity index is 2.12. The van der Waals surface area contributed by atoms with Crippen LogP contribution in [0, 0.1) is 17.1 Å². The lowest BCUT2D eigenvalue weighted by atomic mass is 10.1. The smallest absolute Gasteiger partial charge is 0.341 e. The van der Waals surface area contributed by atoms with Gasteiger partial charge in [0.25, 0.3) is 0 Å². The normalized spacial score (nSPS) is 14.7. The molecule has 0 heterocycles. The van der Waals surface area contributed by atoms with E-state index in [1.807, 2.05) is 13.0 Å². The molecule has 0 amide bonds. The van der Waals surface area contributed by atoms with Gasteiger partial charge in [-0.3, -0.25) is 4.99 Å². The van der Waals surface area contributed by atoms with Crippen molar-refractivity contribution in [1.82, 2.24) is 0 Å². The average molecular weight is 436 g/mol. The van der Waals surface area contributed by atoms with E-state index >= 15 is 0 Å². The summed E-state index contributed by atoms with van der Waals surface area (Å²) in [6.07, 6.45) is 2.41. The zero-order chi connectivity index (χ0) is 21.9. The van der Waals surface area contributed by atoms with Gasteiger partial charge in [0.05, 0.1) is 16.5 Å². The van der Waals surface area contributed by atoms with Gasteiger partial charge in [-0.2, -0.15) is 14.0 Å². The van der Waals surface area contributed by atoms with Crippen molar-refractivity contribution in [3.8, 4) is 17.6 Å². The first kappa shape index (κ1) is 21.8. The number of unbranched alkanes of at least 4 members (excludes halogenated alkanes) is 1. The van der Waals surface area contributed by atoms with Crippen molar-refractivity contribution in [2.45, 2.75) is 43.3 Å². The lowest BCUT2D eigenvalue weighted by molar-refractivity contribution is 0.234. The molecule has 9 heteroatoms. The van der Waals surface area contributed by atoms with Gasteiger partial charge in [0.15, 0.2) is 0 Å². The average Bonchev–Trinajstić information content (AvgIpc) is 3.12. The van der Waals surface area contributed by atoms with Gasteiger partial charge in [-0.25, -0.2) is 12.8 Å². The Morgan fingerprint density at radius 2 is 2.00 bits per heavy atom. The Morgan fingerprint density at radius 1 is 1.23 bits per heavy atom. The highest BCUT2D eigenvalue weighted by Crippen LogP contribution is 2.39. The molecule has 0 atom stereocenters. The molecular weight excluding hydrogens is 417 g/mol. The molecule has 0 unspecified atom stereocenters. The summed E-state index contributed by atoms with van der Waals surface area (Å²) in [5, 5.41) is 9.00. The molecule has 0 aromatic heterocycles. The molecule has 0 bridgehead atoms. The third kappa shape index (κ3) is 4.33. The molecule has 1 aliphatic carbocycles. The fourth-order valence-corrected chi connectivity index (χ4v) is 4.29. The number of rotatable bonds is 7. The van der Waals surface area contributed by atoms with Crippen LogP contribution in [-0.4, -0.2) is 26.4 Å². The highest BCUT2D eigenvalue weighted by molar-refractivity contribution is 7.91. The van der Waals surface area contributed by atoms with Gasteiger partial charge in [0, 0.05) is 29.4 Å². The summed E-state index contributed by atoms with van der Waals surface area (Å²) < 4.78 is 70.4. The van der Waals surface area contributed by atoms with E-state index in [2.05, 4.69) is 4.99 Å². The molecule has 0 aliphatic heterocycles. The predicted molar refractivity (Wildman–Crippen MR) is 105 cm³/mol. The summed E-state index contributed by atoms with van der Waals surface area (Å²) >= 11 is 0. The fourth-order valence-electron chi connectivity index (χ4n) is 3.31. The number of sulfone groups is 1. The molecular formula is C21H19F3N2O3S. The minimum Gasteiger partial charge on any atom is -0.457 e. The lowest BCUT2D eigenvalue weighted by Crippen LogP contribution is -2.16. The molecule has 30 heavy (non-hydrogen) atoms. The molecule has 3 rings (SSSR count). The summed E-state index contributed by atoms with van der Waals surface area (Å²) in [6.45, 7) is 2.44. The number of ether oxygens (including phenoxy) is 1. The van der Waals surface area contributed by atoms with E-state index in [1.54, 1.807) is 0 Å². The molecule has 1 aliphatic rings. The Bertz CT molecular complexity index is 1140. The van der Waals surface area contributed by atoms with Crippen molar-refractivity contribution in [2.75, 3.05) is 6.54 Å². The van der Waals surface area contributed by atoms with Crippen LogP contribution in [0.15, 0.2) is 40.2 Å². The van der Waals surface area contributed by atoms with Gasteiger partial charge in [-0.05, 0) is 43.5 Å². The van der Waals surface area contributed by atoms with Crippen LogP contribution in [0.5, 0.6) is 11.5 Å². The maximum absolute atomic E-state index is 13.7.